The SMILES string of the molecule is C=C(C)C=NCCCCC. The van der Waals surface area contributed by atoms with Gasteiger partial charge in [0.2, 0.25) is 0 Å². The van der Waals surface area contributed by atoms with Gasteiger partial charge in [-0.1, -0.05) is 26.3 Å². The fourth-order valence-electron chi connectivity index (χ4n) is 0.673. The van der Waals surface area contributed by atoms with Crippen molar-refractivity contribution in [3.05, 3.63) is 12.2 Å². The summed E-state index contributed by atoms with van der Waals surface area (Å²) in [7, 11) is 0. The van der Waals surface area contributed by atoms with Gasteiger partial charge in [-0.2, -0.15) is 0 Å². The van der Waals surface area contributed by atoms with Gasteiger partial charge in [0.05, 0.1) is 0 Å². The third-order valence-corrected chi connectivity index (χ3v) is 1.20. The van der Waals surface area contributed by atoms with Crippen molar-refractivity contribution < 1.29 is 0 Å². The van der Waals surface area contributed by atoms with E-state index >= 15 is 0 Å². The highest BCUT2D eigenvalue weighted by Gasteiger charge is 1.81. The third-order valence-electron chi connectivity index (χ3n) is 1.20. The molecule has 0 heterocycles. The van der Waals surface area contributed by atoms with Crippen molar-refractivity contribution in [3.8, 4) is 0 Å². The van der Waals surface area contributed by atoms with Crippen LogP contribution in [0.4, 0.5) is 0 Å². The molecule has 0 saturated heterocycles. The van der Waals surface area contributed by atoms with Crippen molar-refractivity contribution in [2.75, 3.05) is 6.54 Å². The molecule has 0 atom stereocenters. The smallest absolute Gasteiger partial charge is 0.0389 e. The summed E-state index contributed by atoms with van der Waals surface area (Å²) < 4.78 is 0. The molecule has 0 spiro atoms. The van der Waals surface area contributed by atoms with E-state index in [9.17, 15) is 0 Å². The first-order chi connectivity index (χ1) is 4.77. The van der Waals surface area contributed by atoms with E-state index in [4.69, 9.17) is 0 Å². The lowest BCUT2D eigenvalue weighted by Crippen LogP contribution is -1.82. The fourth-order valence-corrected chi connectivity index (χ4v) is 0.673. The van der Waals surface area contributed by atoms with Crippen LogP contribution in [0.15, 0.2) is 17.1 Å². The Morgan fingerprint density at radius 3 is 2.70 bits per heavy atom. The van der Waals surface area contributed by atoms with Gasteiger partial charge in [-0.25, -0.2) is 0 Å². The fraction of sp³-hybridized carbons (Fsp3) is 0.667. The minimum absolute atomic E-state index is 0.959. The Kier molecular flexibility index (Phi) is 6.14. The second kappa shape index (κ2) is 6.53. The minimum atomic E-state index is 0.959. The van der Waals surface area contributed by atoms with E-state index in [1.807, 2.05) is 13.1 Å². The first-order valence-electron chi connectivity index (χ1n) is 3.92. The first-order valence-corrected chi connectivity index (χ1v) is 3.92. The van der Waals surface area contributed by atoms with Gasteiger partial charge in [0.15, 0.2) is 0 Å². The number of aliphatic imine (C=N–C) groups is 1. The Bertz CT molecular complexity index is 114. The molecule has 58 valence electrons. The van der Waals surface area contributed by atoms with Crippen LogP contribution in [0.25, 0.3) is 0 Å². The molecule has 0 aromatic carbocycles. The number of hydrogen-bond donors (Lipinski definition) is 0. The van der Waals surface area contributed by atoms with Crippen molar-refractivity contribution in [3.63, 3.8) is 0 Å². The molecule has 0 aliphatic heterocycles. The highest BCUT2D eigenvalue weighted by Crippen LogP contribution is 1.93. The maximum absolute atomic E-state index is 4.18. The van der Waals surface area contributed by atoms with Crippen LogP contribution in [0.5, 0.6) is 0 Å². The van der Waals surface area contributed by atoms with Gasteiger partial charge in [-0.3, -0.25) is 4.99 Å². The zero-order valence-corrected chi connectivity index (χ0v) is 7.06. The standard InChI is InChI=1S/C9H17N/c1-4-5-6-7-10-8-9(2)3/h8H,2,4-7H2,1,3H3. The predicted octanol–water partition coefficient (Wildman–Crippen LogP) is 2.82. The second-order valence-corrected chi connectivity index (χ2v) is 2.59. The number of unbranched alkanes of at least 4 members (excludes halogenated alkanes) is 2. The number of hydrogen-bond acceptors (Lipinski definition) is 1. The summed E-state index contributed by atoms with van der Waals surface area (Å²) in [6, 6.07) is 0. The third kappa shape index (κ3) is 7.41. The highest BCUT2D eigenvalue weighted by atomic mass is 14.7. The Morgan fingerprint density at radius 2 is 2.20 bits per heavy atom. The van der Waals surface area contributed by atoms with Crippen molar-refractivity contribution in [2.24, 2.45) is 4.99 Å². The normalized spacial score (nSPS) is 10.6. The Morgan fingerprint density at radius 1 is 1.50 bits per heavy atom. The van der Waals surface area contributed by atoms with Crippen LogP contribution in [0.3, 0.4) is 0 Å². The molecule has 0 aromatic heterocycles. The number of rotatable bonds is 5. The van der Waals surface area contributed by atoms with Gasteiger partial charge in [-0.05, 0) is 18.9 Å². The Hall–Kier alpha value is -0.590. The summed E-state index contributed by atoms with van der Waals surface area (Å²) in [5.74, 6) is 0. The molecule has 0 rings (SSSR count). The van der Waals surface area contributed by atoms with Crippen LogP contribution in [-0.4, -0.2) is 12.8 Å². The summed E-state index contributed by atoms with van der Waals surface area (Å²) in [5, 5.41) is 0. The molecule has 0 fully saturated rings. The Balaban J connectivity index is 3.10. The van der Waals surface area contributed by atoms with E-state index in [1.54, 1.807) is 0 Å². The lowest BCUT2D eigenvalue weighted by molar-refractivity contribution is 0.729. The maximum Gasteiger partial charge on any atom is 0.0389 e. The first kappa shape index (κ1) is 9.41. The average molecular weight is 139 g/mol. The maximum atomic E-state index is 4.18. The zero-order valence-electron chi connectivity index (χ0n) is 7.06. The number of nitrogens with zero attached hydrogens (tertiary/aromatic N) is 1. The molecule has 0 bridgehead atoms. The average Bonchev–Trinajstić information content (AvgIpc) is 1.87. The zero-order chi connectivity index (χ0) is 7.82. The largest absolute Gasteiger partial charge is 0.293 e. The van der Waals surface area contributed by atoms with Gasteiger partial charge < -0.3 is 0 Å². The van der Waals surface area contributed by atoms with Crippen LogP contribution in [0.2, 0.25) is 0 Å². The molecule has 0 aliphatic carbocycles. The monoisotopic (exact) mass is 139 g/mol. The molecule has 0 radical (unpaired) electrons. The summed E-state index contributed by atoms with van der Waals surface area (Å²) in [6.07, 6.45) is 5.60. The van der Waals surface area contributed by atoms with Crippen molar-refractivity contribution >= 4 is 6.21 Å². The van der Waals surface area contributed by atoms with Crippen LogP contribution in [0, 0.1) is 0 Å². The molecular formula is C9H17N. The molecular weight excluding hydrogens is 122 g/mol. The summed E-state index contributed by atoms with van der Waals surface area (Å²) in [5.41, 5.74) is 1.04. The molecule has 0 unspecified atom stereocenters. The van der Waals surface area contributed by atoms with E-state index in [0.717, 1.165) is 12.1 Å². The highest BCUT2D eigenvalue weighted by molar-refractivity contribution is 5.76. The van der Waals surface area contributed by atoms with Gasteiger partial charge >= 0.3 is 0 Å². The topological polar surface area (TPSA) is 12.4 Å². The molecule has 0 amide bonds. The van der Waals surface area contributed by atoms with E-state index in [1.165, 1.54) is 19.3 Å². The molecule has 0 aliphatic rings. The van der Waals surface area contributed by atoms with Crippen LogP contribution in [-0.2, 0) is 0 Å². The van der Waals surface area contributed by atoms with Gasteiger partial charge in [0.25, 0.3) is 0 Å². The van der Waals surface area contributed by atoms with Gasteiger partial charge in [0.1, 0.15) is 0 Å². The van der Waals surface area contributed by atoms with Crippen molar-refractivity contribution in [1.29, 1.82) is 0 Å². The molecule has 1 nitrogen and oxygen atoms in total. The number of allylic oxidation sites excluding steroid dienone is 1. The van der Waals surface area contributed by atoms with Crippen molar-refractivity contribution in [1.82, 2.24) is 0 Å². The molecule has 10 heavy (non-hydrogen) atoms. The van der Waals surface area contributed by atoms with Gasteiger partial charge in [-0.15, -0.1) is 0 Å². The summed E-state index contributed by atoms with van der Waals surface area (Å²) >= 11 is 0. The van der Waals surface area contributed by atoms with E-state index in [0.29, 0.717) is 0 Å². The lowest BCUT2D eigenvalue weighted by Gasteiger charge is -1.91. The van der Waals surface area contributed by atoms with Gasteiger partial charge in [0, 0.05) is 12.8 Å². The molecule has 1 heteroatoms. The molecule has 0 N–H and O–H groups in total. The quantitative estimate of drug-likeness (QED) is 0.410. The van der Waals surface area contributed by atoms with Crippen molar-refractivity contribution in [2.45, 2.75) is 33.1 Å². The minimum Gasteiger partial charge on any atom is -0.293 e. The lowest BCUT2D eigenvalue weighted by atomic mass is 10.2. The summed E-state index contributed by atoms with van der Waals surface area (Å²) in [6.45, 7) is 8.84. The van der Waals surface area contributed by atoms with E-state index in [2.05, 4.69) is 18.5 Å². The Labute approximate surface area is 63.9 Å². The van der Waals surface area contributed by atoms with E-state index < -0.39 is 0 Å². The summed E-state index contributed by atoms with van der Waals surface area (Å²) in [4.78, 5) is 4.18. The second-order valence-electron chi connectivity index (χ2n) is 2.59. The molecule has 0 aromatic rings. The van der Waals surface area contributed by atoms with E-state index in [-0.39, 0.29) is 0 Å². The predicted molar refractivity (Wildman–Crippen MR) is 47.7 cm³/mol. The molecule has 0 saturated carbocycles. The van der Waals surface area contributed by atoms with Crippen LogP contribution in [0.1, 0.15) is 33.1 Å². The van der Waals surface area contributed by atoms with Crippen LogP contribution < -0.4 is 0 Å². The van der Waals surface area contributed by atoms with Crippen LogP contribution >= 0.6 is 0 Å².